The van der Waals surface area contributed by atoms with Crippen LogP contribution in [0.4, 0.5) is 10.2 Å². The van der Waals surface area contributed by atoms with Crippen molar-refractivity contribution in [3.05, 3.63) is 46.0 Å². The number of hydrogen-bond acceptors (Lipinski definition) is 4. The number of nitriles is 1. The molecule has 1 aliphatic heterocycles. The summed E-state index contributed by atoms with van der Waals surface area (Å²) < 4.78 is 16.2. The number of halogens is 3. The molecule has 1 fully saturated rings. The van der Waals surface area contributed by atoms with E-state index in [0.717, 1.165) is 32.4 Å². The van der Waals surface area contributed by atoms with Gasteiger partial charge >= 0.3 is 0 Å². The van der Waals surface area contributed by atoms with E-state index in [0.29, 0.717) is 22.6 Å². The molecule has 2 aromatic heterocycles. The molecule has 0 spiro atoms. The molecule has 132 valence electrons. The third-order valence-corrected chi connectivity index (χ3v) is 5.16. The van der Waals surface area contributed by atoms with Gasteiger partial charge in [-0.3, -0.25) is 0 Å². The maximum atomic E-state index is 14.7. The van der Waals surface area contributed by atoms with Gasteiger partial charge in [0.2, 0.25) is 0 Å². The topological polar surface area (TPSA) is 57.2 Å². The van der Waals surface area contributed by atoms with E-state index in [-0.39, 0.29) is 15.7 Å². The molecular weight excluding hydrogens is 376 g/mol. The Balaban J connectivity index is 2.09. The second kappa shape index (κ2) is 6.75. The zero-order valence-electron chi connectivity index (χ0n) is 13.7. The van der Waals surface area contributed by atoms with Gasteiger partial charge in [0, 0.05) is 18.7 Å². The van der Waals surface area contributed by atoms with Crippen LogP contribution in [0.2, 0.25) is 10.2 Å². The Hall–Kier alpha value is -2.36. The lowest BCUT2D eigenvalue weighted by molar-refractivity contribution is 0.568. The molecule has 3 aromatic rings. The van der Waals surface area contributed by atoms with Crippen LogP contribution in [0.3, 0.4) is 0 Å². The van der Waals surface area contributed by atoms with Crippen molar-refractivity contribution in [2.24, 2.45) is 0 Å². The van der Waals surface area contributed by atoms with E-state index in [1.54, 1.807) is 16.6 Å². The second-order valence-corrected chi connectivity index (χ2v) is 6.92. The fourth-order valence-electron chi connectivity index (χ4n) is 3.38. The molecule has 8 heteroatoms. The van der Waals surface area contributed by atoms with Crippen LogP contribution >= 0.6 is 23.2 Å². The highest BCUT2D eigenvalue weighted by Gasteiger charge is 2.27. The van der Waals surface area contributed by atoms with Gasteiger partial charge in [-0.1, -0.05) is 29.3 Å². The number of piperidine rings is 1. The first kappa shape index (κ1) is 17.1. The first-order valence-corrected chi connectivity index (χ1v) is 9.04. The molecular formula is C18H14Cl2FN5. The Morgan fingerprint density at radius 1 is 1.12 bits per heavy atom. The van der Waals surface area contributed by atoms with Crippen molar-refractivity contribution in [3.8, 4) is 17.2 Å². The van der Waals surface area contributed by atoms with E-state index in [1.807, 2.05) is 0 Å². The van der Waals surface area contributed by atoms with Crippen LogP contribution in [0.1, 0.15) is 24.8 Å². The first-order valence-electron chi connectivity index (χ1n) is 8.28. The fraction of sp³-hybridized carbons (Fsp3) is 0.278. The average molecular weight is 390 g/mol. The van der Waals surface area contributed by atoms with Gasteiger partial charge in [0.05, 0.1) is 16.8 Å². The van der Waals surface area contributed by atoms with Crippen molar-refractivity contribution in [3.63, 3.8) is 0 Å². The molecule has 0 bridgehead atoms. The van der Waals surface area contributed by atoms with E-state index in [4.69, 9.17) is 23.2 Å². The Morgan fingerprint density at radius 3 is 2.58 bits per heavy atom. The molecule has 0 atom stereocenters. The summed E-state index contributed by atoms with van der Waals surface area (Å²) in [5, 5.41) is 14.0. The number of rotatable bonds is 2. The molecule has 5 nitrogen and oxygen atoms in total. The standard InChI is InChI=1S/C18H14Cl2FN5/c19-12-5-4-6-13(21)14(12)15-16(20)24-17-11(9-22)10-23-26(17)18(15)25-7-2-1-3-8-25/h4-6,10H,1-3,7-8H2. The minimum Gasteiger partial charge on any atom is -0.356 e. The van der Waals surface area contributed by atoms with Crippen LogP contribution in [0, 0.1) is 17.1 Å². The Kier molecular flexibility index (Phi) is 4.43. The van der Waals surface area contributed by atoms with E-state index in [9.17, 15) is 9.65 Å². The SMILES string of the molecule is N#Cc1cnn2c(N3CCCCC3)c(-c3c(F)cccc3Cl)c(Cl)nc12. The monoisotopic (exact) mass is 389 g/mol. The molecule has 0 radical (unpaired) electrons. The molecule has 3 heterocycles. The lowest BCUT2D eigenvalue weighted by Gasteiger charge is -2.31. The van der Waals surface area contributed by atoms with Crippen LogP contribution < -0.4 is 4.90 Å². The first-order chi connectivity index (χ1) is 12.6. The molecule has 0 unspecified atom stereocenters. The number of fused-ring (bicyclic) bond motifs is 1. The van der Waals surface area contributed by atoms with E-state index >= 15 is 0 Å². The van der Waals surface area contributed by atoms with Gasteiger partial charge in [-0.25, -0.2) is 9.37 Å². The Labute approximate surface area is 159 Å². The van der Waals surface area contributed by atoms with Crippen LogP contribution in [-0.2, 0) is 0 Å². The van der Waals surface area contributed by atoms with Gasteiger partial charge in [0.1, 0.15) is 28.4 Å². The van der Waals surface area contributed by atoms with Crippen LogP contribution in [-0.4, -0.2) is 27.7 Å². The largest absolute Gasteiger partial charge is 0.356 e. The molecule has 0 amide bonds. The number of benzene rings is 1. The second-order valence-electron chi connectivity index (χ2n) is 6.15. The highest BCUT2D eigenvalue weighted by Crippen LogP contribution is 2.42. The summed E-state index contributed by atoms with van der Waals surface area (Å²) >= 11 is 12.8. The Morgan fingerprint density at radius 2 is 1.88 bits per heavy atom. The number of anilines is 1. The number of nitrogens with zero attached hydrogens (tertiary/aromatic N) is 5. The molecule has 1 saturated heterocycles. The van der Waals surface area contributed by atoms with E-state index in [1.165, 1.54) is 12.3 Å². The average Bonchev–Trinajstić information content (AvgIpc) is 3.04. The normalized spacial score (nSPS) is 14.6. The van der Waals surface area contributed by atoms with Gasteiger partial charge in [0.15, 0.2) is 5.65 Å². The van der Waals surface area contributed by atoms with E-state index in [2.05, 4.69) is 21.1 Å². The summed E-state index contributed by atoms with van der Waals surface area (Å²) in [6, 6.07) is 6.57. The summed E-state index contributed by atoms with van der Waals surface area (Å²) in [7, 11) is 0. The maximum absolute atomic E-state index is 14.7. The third kappa shape index (κ3) is 2.68. The molecule has 0 N–H and O–H groups in total. The molecule has 0 saturated carbocycles. The maximum Gasteiger partial charge on any atom is 0.176 e. The predicted molar refractivity (Wildman–Crippen MR) is 99.2 cm³/mol. The summed E-state index contributed by atoms with van der Waals surface area (Å²) in [6.45, 7) is 1.58. The molecule has 4 rings (SSSR count). The summed E-state index contributed by atoms with van der Waals surface area (Å²) in [5.74, 6) is 0.139. The van der Waals surface area contributed by atoms with Crippen molar-refractivity contribution in [2.75, 3.05) is 18.0 Å². The quantitative estimate of drug-likeness (QED) is 0.595. The summed E-state index contributed by atoms with van der Waals surface area (Å²) in [4.78, 5) is 6.42. The van der Waals surface area contributed by atoms with Gasteiger partial charge in [-0.2, -0.15) is 14.9 Å². The summed E-state index contributed by atoms with van der Waals surface area (Å²) in [6.07, 6.45) is 4.60. The number of aromatic nitrogens is 3. The molecule has 0 aliphatic carbocycles. The van der Waals surface area contributed by atoms with Crippen molar-refractivity contribution in [1.29, 1.82) is 5.26 Å². The molecule has 1 aromatic carbocycles. The lowest BCUT2D eigenvalue weighted by Crippen LogP contribution is -2.32. The minimum atomic E-state index is -0.480. The van der Waals surface area contributed by atoms with Gasteiger partial charge < -0.3 is 4.90 Å². The minimum absolute atomic E-state index is 0.0991. The smallest absolute Gasteiger partial charge is 0.176 e. The van der Waals surface area contributed by atoms with Crippen LogP contribution in [0.25, 0.3) is 16.8 Å². The van der Waals surface area contributed by atoms with Crippen molar-refractivity contribution < 1.29 is 4.39 Å². The van der Waals surface area contributed by atoms with Gasteiger partial charge in [-0.15, -0.1) is 0 Å². The third-order valence-electron chi connectivity index (χ3n) is 4.57. The zero-order chi connectivity index (χ0) is 18.3. The van der Waals surface area contributed by atoms with Crippen molar-refractivity contribution >= 4 is 34.7 Å². The van der Waals surface area contributed by atoms with E-state index < -0.39 is 5.82 Å². The fourth-order valence-corrected chi connectivity index (χ4v) is 3.90. The molecule has 1 aliphatic rings. The highest BCUT2D eigenvalue weighted by atomic mass is 35.5. The Bertz CT molecular complexity index is 1010. The van der Waals surface area contributed by atoms with Gasteiger partial charge in [0.25, 0.3) is 0 Å². The lowest BCUT2D eigenvalue weighted by atomic mass is 10.0. The molecule has 26 heavy (non-hydrogen) atoms. The van der Waals surface area contributed by atoms with Gasteiger partial charge in [-0.05, 0) is 31.4 Å². The van der Waals surface area contributed by atoms with Crippen molar-refractivity contribution in [1.82, 2.24) is 14.6 Å². The number of hydrogen-bond donors (Lipinski definition) is 0. The predicted octanol–water partition coefficient (Wildman–Crippen LogP) is 4.70. The highest BCUT2D eigenvalue weighted by molar-refractivity contribution is 6.36. The zero-order valence-corrected chi connectivity index (χ0v) is 15.2. The summed E-state index contributed by atoms with van der Waals surface area (Å²) in [5.41, 5.74) is 1.27. The van der Waals surface area contributed by atoms with Crippen LogP contribution in [0.5, 0.6) is 0 Å². The van der Waals surface area contributed by atoms with Crippen LogP contribution in [0.15, 0.2) is 24.4 Å². The van der Waals surface area contributed by atoms with Crippen molar-refractivity contribution in [2.45, 2.75) is 19.3 Å².